The predicted molar refractivity (Wildman–Crippen MR) is 52.3 cm³/mol. The topological polar surface area (TPSA) is 14.1 Å². The molecule has 0 aliphatic heterocycles. The summed E-state index contributed by atoms with van der Waals surface area (Å²) in [5.41, 5.74) is 0. The second-order valence-corrected chi connectivity index (χ2v) is 3.46. The van der Waals surface area contributed by atoms with Crippen LogP contribution in [-0.4, -0.2) is 6.26 Å². The molecule has 0 unspecified atom stereocenters. The van der Waals surface area contributed by atoms with Crippen LogP contribution in [0.5, 0.6) is 0 Å². The highest BCUT2D eigenvalue weighted by Crippen LogP contribution is 2.23. The van der Waals surface area contributed by atoms with E-state index in [0.717, 1.165) is 0 Å². The van der Waals surface area contributed by atoms with Crippen LogP contribution in [0.25, 0.3) is 10.8 Å². The largest absolute Gasteiger partial charge is 0.217 e. The van der Waals surface area contributed by atoms with Crippen molar-refractivity contribution in [1.29, 1.82) is 0 Å². The Balaban J connectivity index is 2.79. The van der Waals surface area contributed by atoms with Gasteiger partial charge in [0.2, 0.25) is 0 Å². The van der Waals surface area contributed by atoms with Gasteiger partial charge in [-0.15, -0.1) is 11.8 Å². The molecule has 1 aromatic carbocycles. The van der Waals surface area contributed by atoms with Gasteiger partial charge in [0.05, 0.1) is 5.39 Å². The van der Waals surface area contributed by atoms with Crippen LogP contribution < -0.4 is 4.98 Å². The van der Waals surface area contributed by atoms with Crippen LogP contribution in [0.3, 0.4) is 0 Å². The lowest BCUT2D eigenvalue weighted by atomic mass is 10.2. The number of thioether (sulfide) groups is 1. The Hall–Kier alpha value is -1.02. The zero-order valence-electron chi connectivity index (χ0n) is 6.87. The van der Waals surface area contributed by atoms with E-state index in [0.29, 0.717) is 0 Å². The van der Waals surface area contributed by atoms with E-state index >= 15 is 0 Å². The fourth-order valence-electron chi connectivity index (χ4n) is 1.31. The van der Waals surface area contributed by atoms with Gasteiger partial charge in [0.25, 0.3) is 0 Å². The summed E-state index contributed by atoms with van der Waals surface area (Å²) in [6, 6.07) is 8.45. The van der Waals surface area contributed by atoms with Gasteiger partial charge in [0.1, 0.15) is 0 Å². The van der Waals surface area contributed by atoms with Crippen molar-refractivity contribution in [1.82, 2.24) is 0 Å². The van der Waals surface area contributed by atoms with Gasteiger partial charge in [-0.2, -0.15) is 0 Å². The third-order valence-corrected chi connectivity index (χ3v) is 2.70. The summed E-state index contributed by atoms with van der Waals surface area (Å²) < 4.78 is 0. The van der Waals surface area contributed by atoms with Crippen LogP contribution in [0.2, 0.25) is 0 Å². The minimum absolute atomic E-state index is 1.29. The van der Waals surface area contributed by atoms with Gasteiger partial charge in [-0.3, -0.25) is 0 Å². The monoisotopic (exact) mass is 176 g/mol. The van der Waals surface area contributed by atoms with Crippen molar-refractivity contribution in [3.05, 3.63) is 36.7 Å². The Morgan fingerprint density at radius 3 is 3.00 bits per heavy atom. The third-order valence-electron chi connectivity index (χ3n) is 1.91. The van der Waals surface area contributed by atoms with Gasteiger partial charge >= 0.3 is 0 Å². The second kappa shape index (κ2) is 3.15. The molecule has 2 rings (SSSR count). The van der Waals surface area contributed by atoms with E-state index in [1.165, 1.54) is 15.7 Å². The Labute approximate surface area is 75.8 Å². The molecule has 1 N–H and O–H groups in total. The van der Waals surface area contributed by atoms with Gasteiger partial charge in [0, 0.05) is 11.0 Å². The van der Waals surface area contributed by atoms with Crippen LogP contribution in [0.1, 0.15) is 0 Å². The summed E-state index contributed by atoms with van der Waals surface area (Å²) in [4.78, 5) is 4.42. The molecule has 1 heterocycles. The van der Waals surface area contributed by atoms with Crippen molar-refractivity contribution in [3.8, 4) is 0 Å². The van der Waals surface area contributed by atoms with Crippen LogP contribution >= 0.6 is 11.8 Å². The first-order chi connectivity index (χ1) is 5.92. The van der Waals surface area contributed by atoms with E-state index in [4.69, 9.17) is 0 Å². The highest BCUT2D eigenvalue weighted by atomic mass is 32.2. The standard InChI is InChI=1S/C10H9NS/c1-12-10-4-2-3-8-5-6-11-7-9(8)10/h2-7H,1H3/p+1. The molecule has 0 atom stereocenters. The lowest BCUT2D eigenvalue weighted by Crippen LogP contribution is -1.97. The number of aromatic nitrogens is 1. The van der Waals surface area contributed by atoms with Gasteiger partial charge < -0.3 is 0 Å². The van der Waals surface area contributed by atoms with Crippen molar-refractivity contribution in [3.63, 3.8) is 0 Å². The van der Waals surface area contributed by atoms with Crippen LogP contribution in [-0.2, 0) is 0 Å². The number of benzene rings is 1. The van der Waals surface area contributed by atoms with E-state index in [9.17, 15) is 0 Å². The average molecular weight is 176 g/mol. The second-order valence-electron chi connectivity index (χ2n) is 2.61. The van der Waals surface area contributed by atoms with Crippen LogP contribution in [0.15, 0.2) is 41.6 Å². The molecule has 0 bridgehead atoms. The maximum Gasteiger partial charge on any atom is 0.176 e. The molecule has 60 valence electrons. The fourth-order valence-corrected chi connectivity index (χ4v) is 1.92. The summed E-state index contributed by atoms with van der Waals surface area (Å²) in [6.07, 6.45) is 6.09. The quantitative estimate of drug-likeness (QED) is 0.608. The Bertz CT molecular complexity index is 392. The lowest BCUT2D eigenvalue weighted by Gasteiger charge is -1.98. The SMILES string of the molecule is CSc1cccc2cc[nH+]cc12. The molecular weight excluding hydrogens is 166 g/mol. The Morgan fingerprint density at radius 1 is 1.25 bits per heavy atom. The minimum Gasteiger partial charge on any atom is -0.217 e. The van der Waals surface area contributed by atoms with E-state index < -0.39 is 0 Å². The summed E-state index contributed by atoms with van der Waals surface area (Å²) in [5, 5.41) is 2.59. The smallest absolute Gasteiger partial charge is 0.176 e. The van der Waals surface area contributed by atoms with E-state index in [1.807, 2.05) is 12.4 Å². The summed E-state index contributed by atoms with van der Waals surface area (Å²) >= 11 is 1.78. The van der Waals surface area contributed by atoms with E-state index in [1.54, 1.807) is 11.8 Å². The third kappa shape index (κ3) is 1.18. The van der Waals surface area contributed by atoms with Crippen molar-refractivity contribution in [2.45, 2.75) is 4.90 Å². The molecule has 1 aromatic heterocycles. The molecule has 0 saturated carbocycles. The number of aromatic amines is 1. The molecule has 12 heavy (non-hydrogen) atoms. The highest BCUT2D eigenvalue weighted by molar-refractivity contribution is 7.98. The molecule has 0 aliphatic rings. The van der Waals surface area contributed by atoms with Crippen molar-refractivity contribution in [2.75, 3.05) is 6.26 Å². The zero-order chi connectivity index (χ0) is 8.39. The van der Waals surface area contributed by atoms with Crippen molar-refractivity contribution < 1.29 is 4.98 Å². The molecule has 2 aromatic rings. The molecule has 2 heteroatoms. The Morgan fingerprint density at radius 2 is 2.17 bits per heavy atom. The number of fused-ring (bicyclic) bond motifs is 1. The number of hydrogen-bond donors (Lipinski definition) is 0. The van der Waals surface area contributed by atoms with Crippen molar-refractivity contribution >= 4 is 22.5 Å². The van der Waals surface area contributed by atoms with Crippen LogP contribution in [0, 0.1) is 0 Å². The number of hydrogen-bond acceptors (Lipinski definition) is 1. The van der Waals surface area contributed by atoms with Gasteiger partial charge in [-0.05, 0) is 17.7 Å². The molecular formula is C10H10NS+. The van der Waals surface area contributed by atoms with Crippen molar-refractivity contribution in [2.24, 2.45) is 0 Å². The summed E-state index contributed by atoms with van der Waals surface area (Å²) in [5.74, 6) is 0. The molecule has 0 spiro atoms. The molecule has 0 fully saturated rings. The maximum absolute atomic E-state index is 3.10. The molecule has 1 nitrogen and oxygen atoms in total. The predicted octanol–water partition coefficient (Wildman–Crippen LogP) is 2.38. The molecule has 0 amide bonds. The van der Waals surface area contributed by atoms with Gasteiger partial charge in [-0.1, -0.05) is 12.1 Å². The first-order valence-corrected chi connectivity index (χ1v) is 5.07. The van der Waals surface area contributed by atoms with E-state index in [-0.39, 0.29) is 0 Å². The Kier molecular flexibility index (Phi) is 2.00. The maximum atomic E-state index is 3.10. The fraction of sp³-hybridized carbons (Fsp3) is 0.100. The lowest BCUT2D eigenvalue weighted by molar-refractivity contribution is -0.375. The van der Waals surface area contributed by atoms with E-state index in [2.05, 4.69) is 35.5 Å². The van der Waals surface area contributed by atoms with Gasteiger partial charge in [0.15, 0.2) is 12.4 Å². The normalized spacial score (nSPS) is 10.4. The molecule has 0 radical (unpaired) electrons. The minimum atomic E-state index is 1.29. The first kappa shape index (κ1) is 7.62. The average Bonchev–Trinajstić information content (AvgIpc) is 2.17. The first-order valence-electron chi connectivity index (χ1n) is 3.84. The highest BCUT2D eigenvalue weighted by Gasteiger charge is 2.00. The van der Waals surface area contributed by atoms with Crippen LogP contribution in [0.4, 0.5) is 0 Å². The summed E-state index contributed by atoms with van der Waals surface area (Å²) in [6.45, 7) is 0. The molecule has 0 saturated heterocycles. The molecule has 0 aliphatic carbocycles. The number of rotatable bonds is 1. The van der Waals surface area contributed by atoms with Gasteiger partial charge in [-0.25, -0.2) is 4.98 Å². The number of nitrogens with one attached hydrogen (secondary N) is 1. The zero-order valence-corrected chi connectivity index (χ0v) is 7.69. The number of pyridine rings is 1. The summed E-state index contributed by atoms with van der Waals surface area (Å²) in [7, 11) is 0. The number of H-pyrrole nitrogens is 1.